The predicted molar refractivity (Wildman–Crippen MR) is 69.6 cm³/mol. The summed E-state index contributed by atoms with van der Waals surface area (Å²) >= 11 is 0. The number of aliphatic hydroxyl groups is 1. The van der Waals surface area contributed by atoms with Crippen molar-refractivity contribution in [2.24, 2.45) is 0 Å². The van der Waals surface area contributed by atoms with Gasteiger partial charge in [0, 0.05) is 5.92 Å². The molecule has 0 spiro atoms. The van der Waals surface area contributed by atoms with Crippen LogP contribution in [0.2, 0.25) is 0 Å². The van der Waals surface area contributed by atoms with Crippen LogP contribution < -0.4 is 0 Å². The molecule has 0 saturated heterocycles. The van der Waals surface area contributed by atoms with Crippen LogP contribution in [-0.4, -0.2) is 10.7 Å². The van der Waals surface area contributed by atoms with Gasteiger partial charge in [-0.1, -0.05) is 63.9 Å². The smallest absolute Gasteiger partial charge is 0.0713 e. The Morgan fingerprint density at radius 1 is 1.06 bits per heavy atom. The number of benzene rings is 1. The molecule has 0 unspecified atom stereocenters. The van der Waals surface area contributed by atoms with Gasteiger partial charge in [0.25, 0.3) is 0 Å². The maximum Gasteiger partial charge on any atom is 0.0713 e. The molecule has 1 saturated carbocycles. The fourth-order valence-corrected chi connectivity index (χ4v) is 2.47. The molecule has 2 rings (SSSR count). The van der Waals surface area contributed by atoms with Gasteiger partial charge in [-0.2, -0.15) is 0 Å². The van der Waals surface area contributed by atoms with Crippen molar-refractivity contribution in [3.8, 4) is 0 Å². The van der Waals surface area contributed by atoms with Gasteiger partial charge >= 0.3 is 0 Å². The molecule has 1 aromatic carbocycles. The van der Waals surface area contributed by atoms with Crippen molar-refractivity contribution in [2.45, 2.75) is 58.0 Å². The SMILES string of the molecule is CC.C[C@@H](c1ccccc1)C1(O)CCCC1. The molecule has 1 N–H and O–H groups in total. The lowest BCUT2D eigenvalue weighted by Gasteiger charge is -2.30. The Labute approximate surface area is 99.5 Å². The summed E-state index contributed by atoms with van der Waals surface area (Å²) in [6.45, 7) is 6.14. The fraction of sp³-hybridized carbons (Fsp3) is 0.600. The van der Waals surface area contributed by atoms with Crippen LogP contribution >= 0.6 is 0 Å². The van der Waals surface area contributed by atoms with Crippen molar-refractivity contribution in [2.75, 3.05) is 0 Å². The van der Waals surface area contributed by atoms with Crippen LogP contribution in [0.4, 0.5) is 0 Å². The Kier molecular flexibility index (Phi) is 5.01. The molecule has 0 amide bonds. The van der Waals surface area contributed by atoms with Crippen LogP contribution in [0.3, 0.4) is 0 Å². The fourth-order valence-electron chi connectivity index (χ4n) is 2.47. The third-order valence-electron chi connectivity index (χ3n) is 3.57. The first-order valence-electron chi connectivity index (χ1n) is 6.50. The molecule has 1 atom stereocenters. The van der Waals surface area contributed by atoms with E-state index in [2.05, 4.69) is 19.1 Å². The highest BCUT2D eigenvalue weighted by Crippen LogP contribution is 2.40. The summed E-state index contributed by atoms with van der Waals surface area (Å²) < 4.78 is 0. The molecule has 0 aliphatic heterocycles. The van der Waals surface area contributed by atoms with E-state index in [1.807, 2.05) is 32.0 Å². The van der Waals surface area contributed by atoms with E-state index in [4.69, 9.17) is 0 Å². The molecule has 1 aliphatic rings. The Morgan fingerprint density at radius 2 is 1.56 bits per heavy atom. The Balaban J connectivity index is 0.000000606. The summed E-state index contributed by atoms with van der Waals surface area (Å²) in [5.41, 5.74) is 0.818. The largest absolute Gasteiger partial charge is 0.389 e. The topological polar surface area (TPSA) is 20.2 Å². The highest BCUT2D eigenvalue weighted by atomic mass is 16.3. The van der Waals surface area contributed by atoms with Crippen molar-refractivity contribution in [3.63, 3.8) is 0 Å². The maximum absolute atomic E-state index is 10.4. The first kappa shape index (κ1) is 13.2. The summed E-state index contributed by atoms with van der Waals surface area (Å²) in [5, 5.41) is 10.4. The minimum atomic E-state index is -0.443. The Bertz CT molecular complexity index is 286. The minimum absolute atomic E-state index is 0.270. The van der Waals surface area contributed by atoms with Gasteiger partial charge in [0.05, 0.1) is 5.60 Å². The van der Waals surface area contributed by atoms with E-state index < -0.39 is 5.60 Å². The van der Waals surface area contributed by atoms with Crippen LogP contribution in [0.15, 0.2) is 30.3 Å². The van der Waals surface area contributed by atoms with Gasteiger partial charge in [-0.05, 0) is 18.4 Å². The van der Waals surface area contributed by atoms with Crippen molar-refractivity contribution in [3.05, 3.63) is 35.9 Å². The highest BCUT2D eigenvalue weighted by Gasteiger charge is 2.37. The number of rotatable bonds is 2. The molecule has 1 aliphatic carbocycles. The van der Waals surface area contributed by atoms with Gasteiger partial charge in [0.15, 0.2) is 0 Å². The van der Waals surface area contributed by atoms with Gasteiger partial charge in [-0.3, -0.25) is 0 Å². The second-order valence-electron chi connectivity index (χ2n) is 4.44. The normalized spacial score (nSPS) is 19.8. The summed E-state index contributed by atoms with van der Waals surface area (Å²) in [4.78, 5) is 0. The average molecular weight is 220 g/mol. The Morgan fingerprint density at radius 3 is 2.06 bits per heavy atom. The van der Waals surface area contributed by atoms with Gasteiger partial charge in [0.1, 0.15) is 0 Å². The monoisotopic (exact) mass is 220 g/mol. The van der Waals surface area contributed by atoms with Gasteiger partial charge < -0.3 is 5.11 Å². The molecule has 0 bridgehead atoms. The van der Waals surface area contributed by atoms with E-state index in [0.29, 0.717) is 0 Å². The zero-order valence-corrected chi connectivity index (χ0v) is 10.7. The third-order valence-corrected chi connectivity index (χ3v) is 3.57. The molecule has 1 heteroatoms. The maximum atomic E-state index is 10.4. The molecule has 0 radical (unpaired) electrons. The quantitative estimate of drug-likeness (QED) is 0.795. The van der Waals surface area contributed by atoms with E-state index >= 15 is 0 Å². The van der Waals surface area contributed by atoms with Crippen molar-refractivity contribution < 1.29 is 5.11 Å². The van der Waals surface area contributed by atoms with Crippen molar-refractivity contribution in [1.82, 2.24) is 0 Å². The lowest BCUT2D eigenvalue weighted by Crippen LogP contribution is -2.31. The average Bonchev–Trinajstić information content (AvgIpc) is 2.80. The van der Waals surface area contributed by atoms with Crippen LogP contribution in [0.1, 0.15) is 57.9 Å². The Hall–Kier alpha value is -0.820. The zero-order chi connectivity index (χ0) is 12.0. The molecule has 16 heavy (non-hydrogen) atoms. The molecule has 1 nitrogen and oxygen atoms in total. The summed E-state index contributed by atoms with van der Waals surface area (Å²) in [7, 11) is 0. The number of hydrogen-bond donors (Lipinski definition) is 1. The number of hydrogen-bond acceptors (Lipinski definition) is 1. The highest BCUT2D eigenvalue weighted by molar-refractivity contribution is 5.22. The van der Waals surface area contributed by atoms with Gasteiger partial charge in [-0.15, -0.1) is 0 Å². The van der Waals surface area contributed by atoms with Crippen LogP contribution in [0, 0.1) is 0 Å². The second kappa shape index (κ2) is 6.05. The molecule has 1 fully saturated rings. The second-order valence-corrected chi connectivity index (χ2v) is 4.44. The van der Waals surface area contributed by atoms with E-state index in [1.165, 1.54) is 18.4 Å². The van der Waals surface area contributed by atoms with E-state index in [9.17, 15) is 5.11 Å². The van der Waals surface area contributed by atoms with E-state index in [0.717, 1.165) is 12.8 Å². The van der Waals surface area contributed by atoms with E-state index in [-0.39, 0.29) is 5.92 Å². The van der Waals surface area contributed by atoms with Crippen LogP contribution in [0.5, 0.6) is 0 Å². The summed E-state index contributed by atoms with van der Waals surface area (Å²) in [6, 6.07) is 10.3. The van der Waals surface area contributed by atoms with Crippen LogP contribution in [0.25, 0.3) is 0 Å². The zero-order valence-electron chi connectivity index (χ0n) is 10.7. The van der Waals surface area contributed by atoms with Gasteiger partial charge in [-0.25, -0.2) is 0 Å². The molecule has 90 valence electrons. The molecular weight excluding hydrogens is 196 g/mol. The van der Waals surface area contributed by atoms with Crippen molar-refractivity contribution >= 4 is 0 Å². The van der Waals surface area contributed by atoms with E-state index in [1.54, 1.807) is 0 Å². The summed E-state index contributed by atoms with van der Waals surface area (Å²) in [5.74, 6) is 0.270. The van der Waals surface area contributed by atoms with Crippen LogP contribution in [-0.2, 0) is 0 Å². The predicted octanol–water partition coefficient (Wildman–Crippen LogP) is 4.12. The van der Waals surface area contributed by atoms with Crippen molar-refractivity contribution in [1.29, 1.82) is 0 Å². The molecule has 0 aromatic heterocycles. The standard InChI is InChI=1S/C13H18O.C2H6/c1-11(12-7-3-2-4-8-12)13(14)9-5-6-10-13;1-2/h2-4,7-8,11,14H,5-6,9-10H2,1H3;1-2H3/t11-;/m0./s1. The van der Waals surface area contributed by atoms with Gasteiger partial charge in [0.2, 0.25) is 0 Å². The molecule has 1 aromatic rings. The summed E-state index contributed by atoms with van der Waals surface area (Å²) in [6.07, 6.45) is 4.27. The lowest BCUT2D eigenvalue weighted by molar-refractivity contribution is 0.0242. The third kappa shape index (κ3) is 2.85. The molecular formula is C15H24O. The minimum Gasteiger partial charge on any atom is -0.389 e. The first-order chi connectivity index (χ1) is 7.72. The first-order valence-corrected chi connectivity index (χ1v) is 6.50. The molecule has 0 heterocycles. The lowest BCUT2D eigenvalue weighted by atomic mass is 9.82.